The van der Waals surface area contributed by atoms with Gasteiger partial charge in [0.15, 0.2) is 0 Å². The molecule has 0 N–H and O–H groups in total. The Balaban J connectivity index is 2.29. The number of carbonyl (C=O) groups excluding carboxylic acids is 2. The molecule has 3 rings (SSSR count). The summed E-state index contributed by atoms with van der Waals surface area (Å²) in [6, 6.07) is 0. The van der Waals surface area contributed by atoms with Crippen LogP contribution < -0.4 is 0 Å². The van der Waals surface area contributed by atoms with Crippen LogP contribution in [-0.4, -0.2) is 24.1 Å². The second kappa shape index (κ2) is 9.58. The van der Waals surface area contributed by atoms with Crippen molar-refractivity contribution >= 4 is 11.9 Å². The van der Waals surface area contributed by atoms with E-state index in [0.717, 1.165) is 44.9 Å². The van der Waals surface area contributed by atoms with Crippen LogP contribution in [0.2, 0.25) is 0 Å². The summed E-state index contributed by atoms with van der Waals surface area (Å²) >= 11 is 0. The number of carbonyl (C=O) groups is 2. The Kier molecular flexibility index (Phi) is 7.68. The number of rotatable bonds is 2. The summed E-state index contributed by atoms with van der Waals surface area (Å²) < 4.78 is 11.3. The van der Waals surface area contributed by atoms with Crippen LogP contribution in [0.4, 0.5) is 0 Å². The Labute approximate surface area is 170 Å². The van der Waals surface area contributed by atoms with Gasteiger partial charge >= 0.3 is 11.9 Å². The van der Waals surface area contributed by atoms with Gasteiger partial charge in [-0.25, -0.2) is 0 Å². The lowest BCUT2D eigenvalue weighted by atomic mass is 9.64. The number of hydrogen-bond donors (Lipinski definition) is 0. The third-order valence-corrected chi connectivity index (χ3v) is 6.20. The quantitative estimate of drug-likeness (QED) is 0.451. The van der Waals surface area contributed by atoms with Crippen molar-refractivity contribution in [2.75, 3.05) is 0 Å². The lowest BCUT2D eigenvalue weighted by molar-refractivity contribution is -0.156. The van der Waals surface area contributed by atoms with E-state index in [2.05, 4.69) is 39.5 Å². The minimum atomic E-state index is -0.243. The van der Waals surface area contributed by atoms with Gasteiger partial charge in [0.2, 0.25) is 0 Å². The van der Waals surface area contributed by atoms with Crippen LogP contribution in [0.25, 0.3) is 0 Å². The Morgan fingerprint density at radius 1 is 1.14 bits per heavy atom. The molecule has 0 unspecified atom stereocenters. The normalized spacial score (nSPS) is 35.8. The first-order valence-corrected chi connectivity index (χ1v) is 10.4. The van der Waals surface area contributed by atoms with Gasteiger partial charge < -0.3 is 9.47 Å². The maximum Gasteiger partial charge on any atom is 0.303 e. The highest BCUT2D eigenvalue weighted by atomic mass is 16.5. The lowest BCUT2D eigenvalue weighted by Gasteiger charge is -2.45. The molecule has 3 aliphatic rings. The molecule has 4 heteroatoms. The lowest BCUT2D eigenvalue weighted by Crippen LogP contribution is -2.42. The highest BCUT2D eigenvalue weighted by molar-refractivity contribution is 5.66. The van der Waals surface area contributed by atoms with E-state index in [1.54, 1.807) is 0 Å². The first-order chi connectivity index (χ1) is 13.1. The van der Waals surface area contributed by atoms with Crippen molar-refractivity contribution in [1.82, 2.24) is 0 Å². The Hall–Kier alpha value is -1.84. The van der Waals surface area contributed by atoms with Gasteiger partial charge in [-0.15, -0.1) is 0 Å². The molecule has 28 heavy (non-hydrogen) atoms. The molecule has 4 nitrogen and oxygen atoms in total. The van der Waals surface area contributed by atoms with Gasteiger partial charge in [-0.2, -0.15) is 0 Å². The van der Waals surface area contributed by atoms with Gasteiger partial charge in [-0.3, -0.25) is 9.59 Å². The zero-order valence-electron chi connectivity index (χ0n) is 18.2. The smallest absolute Gasteiger partial charge is 0.303 e. The third kappa shape index (κ3) is 6.35. The van der Waals surface area contributed by atoms with Crippen molar-refractivity contribution in [3.63, 3.8) is 0 Å². The van der Waals surface area contributed by atoms with E-state index in [9.17, 15) is 9.59 Å². The second-order valence-electron chi connectivity index (χ2n) is 9.01. The summed E-state index contributed by atoms with van der Waals surface area (Å²) in [6.07, 6.45) is 10.3. The van der Waals surface area contributed by atoms with Gasteiger partial charge in [0, 0.05) is 25.7 Å². The molecule has 0 heterocycles. The zero-order chi connectivity index (χ0) is 20.9. The number of hydrogen-bond acceptors (Lipinski definition) is 4. The minimum absolute atomic E-state index is 0.0600. The molecule has 0 aromatic carbocycles. The SMILES string of the molecule is C=C1C[C@]2(C)CC/C=C(\C)C[C@H](OC(C)=O)/C=C(\C)CC[C@@H]1C[C@@H]2OC(C)=O. The van der Waals surface area contributed by atoms with E-state index in [4.69, 9.17) is 9.47 Å². The summed E-state index contributed by atoms with van der Waals surface area (Å²) in [6.45, 7) is 13.8. The number of allylic oxidation sites excluding steroid dienone is 3. The van der Waals surface area contributed by atoms with Crippen molar-refractivity contribution in [3.8, 4) is 0 Å². The van der Waals surface area contributed by atoms with Gasteiger partial charge in [-0.1, -0.05) is 36.3 Å². The molecular formula is C24H36O4. The van der Waals surface area contributed by atoms with Crippen LogP contribution in [0.3, 0.4) is 0 Å². The topological polar surface area (TPSA) is 52.6 Å². The molecule has 4 atom stereocenters. The maximum atomic E-state index is 11.7. The van der Waals surface area contributed by atoms with E-state index in [1.165, 1.54) is 30.6 Å². The molecule has 2 bridgehead atoms. The van der Waals surface area contributed by atoms with Gasteiger partial charge in [-0.05, 0) is 64.4 Å². The van der Waals surface area contributed by atoms with E-state index < -0.39 is 0 Å². The van der Waals surface area contributed by atoms with E-state index in [1.807, 2.05) is 0 Å². The standard InChI is InChI=1S/C24H36O4/c1-16-8-7-11-24(6)15-18(3)21(14-23(24)28-20(5)26)10-9-17(2)13-22(12-16)27-19(4)25/h8,13,21-23H,3,7,9-12,14-15H2,1-2,4-6H3/b16-8+,17-13+/t21-,22+,23+,24+/m1/s1. The van der Waals surface area contributed by atoms with E-state index >= 15 is 0 Å². The van der Waals surface area contributed by atoms with Gasteiger partial charge in [0.25, 0.3) is 0 Å². The summed E-state index contributed by atoms with van der Waals surface area (Å²) in [5.74, 6) is -0.0871. The Morgan fingerprint density at radius 2 is 1.82 bits per heavy atom. The summed E-state index contributed by atoms with van der Waals surface area (Å²) in [5.41, 5.74) is 3.63. The van der Waals surface area contributed by atoms with Gasteiger partial charge in [0.1, 0.15) is 12.2 Å². The van der Waals surface area contributed by atoms with Crippen LogP contribution in [0.15, 0.2) is 35.5 Å². The Bertz CT molecular complexity index is 672. The van der Waals surface area contributed by atoms with Crippen LogP contribution >= 0.6 is 0 Å². The van der Waals surface area contributed by atoms with Crippen molar-refractivity contribution in [2.24, 2.45) is 11.3 Å². The van der Waals surface area contributed by atoms with Crippen molar-refractivity contribution in [3.05, 3.63) is 35.5 Å². The highest BCUT2D eigenvalue weighted by Gasteiger charge is 2.43. The molecule has 156 valence electrons. The minimum Gasteiger partial charge on any atom is -0.462 e. The van der Waals surface area contributed by atoms with Crippen molar-refractivity contribution in [1.29, 1.82) is 0 Å². The zero-order valence-corrected chi connectivity index (χ0v) is 18.2. The van der Waals surface area contributed by atoms with Crippen molar-refractivity contribution in [2.45, 2.75) is 91.8 Å². The number of fused-ring (bicyclic) bond motifs is 9. The van der Waals surface area contributed by atoms with Crippen molar-refractivity contribution < 1.29 is 19.1 Å². The van der Waals surface area contributed by atoms with Gasteiger partial charge in [0.05, 0.1) is 0 Å². The molecule has 0 aromatic heterocycles. The first kappa shape index (κ1) is 22.4. The fourth-order valence-corrected chi connectivity index (χ4v) is 4.65. The molecule has 1 saturated carbocycles. The predicted octanol–water partition coefficient (Wildman–Crippen LogP) is 5.68. The summed E-state index contributed by atoms with van der Waals surface area (Å²) in [4.78, 5) is 23.2. The van der Waals surface area contributed by atoms with E-state index in [0.29, 0.717) is 5.92 Å². The first-order valence-electron chi connectivity index (χ1n) is 10.4. The van der Waals surface area contributed by atoms with E-state index in [-0.39, 0.29) is 29.6 Å². The number of ether oxygens (including phenoxy) is 2. The second-order valence-corrected chi connectivity index (χ2v) is 9.01. The predicted molar refractivity (Wildman–Crippen MR) is 112 cm³/mol. The largest absolute Gasteiger partial charge is 0.462 e. The summed E-state index contributed by atoms with van der Waals surface area (Å²) in [5, 5.41) is 0. The third-order valence-electron chi connectivity index (χ3n) is 6.20. The van der Waals surface area contributed by atoms with Crippen LogP contribution in [-0.2, 0) is 19.1 Å². The highest BCUT2D eigenvalue weighted by Crippen LogP contribution is 2.47. The fourth-order valence-electron chi connectivity index (χ4n) is 4.65. The molecule has 0 spiro atoms. The molecular weight excluding hydrogens is 352 g/mol. The number of esters is 2. The molecule has 3 aliphatic carbocycles. The average molecular weight is 389 g/mol. The van der Waals surface area contributed by atoms with Crippen LogP contribution in [0.5, 0.6) is 0 Å². The molecule has 0 saturated heterocycles. The van der Waals surface area contributed by atoms with Crippen LogP contribution in [0, 0.1) is 11.3 Å². The van der Waals surface area contributed by atoms with Crippen LogP contribution in [0.1, 0.15) is 79.6 Å². The summed E-state index contributed by atoms with van der Waals surface area (Å²) in [7, 11) is 0. The fraction of sp³-hybridized carbons (Fsp3) is 0.667. The maximum absolute atomic E-state index is 11.7. The molecule has 1 fully saturated rings. The molecule has 0 amide bonds. The molecule has 0 aliphatic heterocycles. The molecule has 0 radical (unpaired) electrons. The Morgan fingerprint density at radius 3 is 2.46 bits per heavy atom. The average Bonchev–Trinajstić information content (AvgIpc) is 2.54. The molecule has 0 aromatic rings. The monoisotopic (exact) mass is 388 g/mol.